The molecule has 1 atom stereocenters. The molecule has 1 aromatic heterocycles. The maximum atomic E-state index is 9.83. The Morgan fingerprint density at radius 2 is 2.47 bits per heavy atom. The average Bonchev–Trinajstić information content (AvgIpc) is 2.45. The third kappa shape index (κ3) is 3.00. The van der Waals surface area contributed by atoms with Crippen molar-refractivity contribution in [3.8, 4) is 0 Å². The van der Waals surface area contributed by atoms with E-state index in [1.54, 1.807) is 6.20 Å². The molecular formula is C11H15BrN2O. The highest BCUT2D eigenvalue weighted by molar-refractivity contribution is 9.10. The molecule has 4 heteroatoms. The summed E-state index contributed by atoms with van der Waals surface area (Å²) in [6.45, 7) is 4.51. The second-order valence-electron chi connectivity index (χ2n) is 4.44. The Labute approximate surface area is 98.3 Å². The second kappa shape index (κ2) is 4.20. The first-order chi connectivity index (χ1) is 7.05. The number of hydrogen-bond acceptors (Lipinski definition) is 3. The zero-order valence-electron chi connectivity index (χ0n) is 8.78. The Hall–Kier alpha value is -0.450. The van der Waals surface area contributed by atoms with E-state index >= 15 is 0 Å². The topological polar surface area (TPSA) is 36.4 Å². The first-order valence-electron chi connectivity index (χ1n) is 5.10. The molecule has 2 rings (SSSR count). The minimum Gasteiger partial charge on any atom is -0.389 e. The molecular weight excluding hydrogens is 256 g/mol. The van der Waals surface area contributed by atoms with E-state index in [9.17, 15) is 5.11 Å². The standard InChI is InChI=1S/C11H15BrN2O/c1-11(15)3-5-14(8-11)7-9-2-4-13-10(12)6-9/h2,4,6,15H,3,5,7-8H2,1H3. The number of likely N-dealkylation sites (tertiary alicyclic amines) is 1. The van der Waals surface area contributed by atoms with Crippen LogP contribution in [0, 0.1) is 0 Å². The van der Waals surface area contributed by atoms with Crippen molar-refractivity contribution in [3.63, 3.8) is 0 Å². The summed E-state index contributed by atoms with van der Waals surface area (Å²) >= 11 is 3.35. The molecule has 0 bridgehead atoms. The van der Waals surface area contributed by atoms with E-state index in [-0.39, 0.29) is 0 Å². The lowest BCUT2D eigenvalue weighted by Crippen LogP contribution is -2.29. The van der Waals surface area contributed by atoms with Gasteiger partial charge >= 0.3 is 0 Å². The zero-order valence-corrected chi connectivity index (χ0v) is 10.4. The maximum Gasteiger partial charge on any atom is 0.106 e. The smallest absolute Gasteiger partial charge is 0.106 e. The lowest BCUT2D eigenvalue weighted by atomic mass is 10.1. The summed E-state index contributed by atoms with van der Waals surface area (Å²) in [5.74, 6) is 0. The molecule has 0 aromatic carbocycles. The highest BCUT2D eigenvalue weighted by atomic mass is 79.9. The number of aromatic nitrogens is 1. The minimum absolute atomic E-state index is 0.510. The molecule has 0 radical (unpaired) electrons. The fraction of sp³-hybridized carbons (Fsp3) is 0.545. The Morgan fingerprint density at radius 3 is 3.07 bits per heavy atom. The number of aliphatic hydroxyl groups is 1. The van der Waals surface area contributed by atoms with Crippen molar-refractivity contribution in [1.82, 2.24) is 9.88 Å². The van der Waals surface area contributed by atoms with Crippen molar-refractivity contribution in [3.05, 3.63) is 28.5 Å². The van der Waals surface area contributed by atoms with Crippen molar-refractivity contribution in [2.75, 3.05) is 13.1 Å². The maximum absolute atomic E-state index is 9.83. The minimum atomic E-state index is -0.510. The molecule has 0 amide bonds. The van der Waals surface area contributed by atoms with Gasteiger partial charge in [0, 0.05) is 25.8 Å². The van der Waals surface area contributed by atoms with E-state index in [0.717, 1.165) is 30.7 Å². The first kappa shape index (κ1) is 11.0. The first-order valence-corrected chi connectivity index (χ1v) is 5.90. The quantitative estimate of drug-likeness (QED) is 0.833. The summed E-state index contributed by atoms with van der Waals surface area (Å²) in [4.78, 5) is 6.36. The van der Waals surface area contributed by atoms with Crippen molar-refractivity contribution in [2.24, 2.45) is 0 Å². The number of β-amino-alcohol motifs (C(OH)–C–C–N with tert-alkyl or cyclic N) is 1. The molecule has 15 heavy (non-hydrogen) atoms. The molecule has 1 aromatic rings. The molecule has 82 valence electrons. The van der Waals surface area contributed by atoms with Crippen molar-refractivity contribution in [2.45, 2.75) is 25.5 Å². The van der Waals surface area contributed by atoms with Crippen molar-refractivity contribution >= 4 is 15.9 Å². The highest BCUT2D eigenvalue weighted by Gasteiger charge is 2.30. The van der Waals surface area contributed by atoms with Crippen LogP contribution in [0.5, 0.6) is 0 Å². The van der Waals surface area contributed by atoms with E-state index in [4.69, 9.17) is 0 Å². The van der Waals surface area contributed by atoms with Gasteiger partial charge in [-0.15, -0.1) is 0 Å². The van der Waals surface area contributed by atoms with E-state index in [0.29, 0.717) is 0 Å². The van der Waals surface area contributed by atoms with Gasteiger partial charge in [0.2, 0.25) is 0 Å². The Bertz CT molecular complexity index is 354. The van der Waals surface area contributed by atoms with Crippen molar-refractivity contribution in [1.29, 1.82) is 0 Å². The summed E-state index contributed by atoms with van der Waals surface area (Å²) < 4.78 is 0.867. The summed E-state index contributed by atoms with van der Waals surface area (Å²) in [5.41, 5.74) is 0.721. The van der Waals surface area contributed by atoms with Crippen LogP contribution in [0.1, 0.15) is 18.9 Å². The monoisotopic (exact) mass is 270 g/mol. The Morgan fingerprint density at radius 1 is 1.67 bits per heavy atom. The van der Waals surface area contributed by atoms with Gasteiger partial charge in [0.1, 0.15) is 4.60 Å². The normalized spacial score (nSPS) is 27.1. The van der Waals surface area contributed by atoms with Gasteiger partial charge < -0.3 is 5.11 Å². The predicted octanol–water partition coefficient (Wildman–Crippen LogP) is 1.80. The van der Waals surface area contributed by atoms with Gasteiger partial charge in [0.25, 0.3) is 0 Å². The molecule has 2 heterocycles. The van der Waals surface area contributed by atoms with Crippen LogP contribution in [0.25, 0.3) is 0 Å². The van der Waals surface area contributed by atoms with Crippen LogP contribution in [0.3, 0.4) is 0 Å². The van der Waals surface area contributed by atoms with Gasteiger partial charge in [-0.1, -0.05) is 0 Å². The predicted molar refractivity (Wildman–Crippen MR) is 62.5 cm³/mol. The Balaban J connectivity index is 1.99. The van der Waals surface area contributed by atoms with Crippen LogP contribution >= 0.6 is 15.9 Å². The molecule has 1 fully saturated rings. The van der Waals surface area contributed by atoms with Crippen LogP contribution < -0.4 is 0 Å². The highest BCUT2D eigenvalue weighted by Crippen LogP contribution is 2.22. The van der Waals surface area contributed by atoms with Crippen LogP contribution in [0.2, 0.25) is 0 Å². The lowest BCUT2D eigenvalue weighted by molar-refractivity contribution is 0.0679. The largest absolute Gasteiger partial charge is 0.389 e. The molecule has 0 aliphatic carbocycles. The number of hydrogen-bond donors (Lipinski definition) is 1. The van der Waals surface area contributed by atoms with Crippen LogP contribution in [0.4, 0.5) is 0 Å². The second-order valence-corrected chi connectivity index (χ2v) is 5.26. The van der Waals surface area contributed by atoms with Gasteiger partial charge in [-0.2, -0.15) is 0 Å². The third-order valence-corrected chi connectivity index (χ3v) is 3.16. The lowest BCUT2D eigenvalue weighted by Gasteiger charge is -2.18. The van der Waals surface area contributed by atoms with Crippen LogP contribution in [-0.2, 0) is 6.54 Å². The van der Waals surface area contributed by atoms with Gasteiger partial charge in [0.15, 0.2) is 0 Å². The van der Waals surface area contributed by atoms with E-state index < -0.39 is 5.60 Å². The van der Waals surface area contributed by atoms with E-state index in [1.807, 2.05) is 19.1 Å². The SMILES string of the molecule is CC1(O)CCN(Cc2ccnc(Br)c2)C1. The summed E-state index contributed by atoms with van der Waals surface area (Å²) in [5, 5.41) is 9.83. The molecule has 1 saturated heterocycles. The van der Waals surface area contributed by atoms with Crippen molar-refractivity contribution < 1.29 is 5.11 Å². The molecule has 1 unspecified atom stereocenters. The molecule has 3 nitrogen and oxygen atoms in total. The van der Waals surface area contributed by atoms with Crippen LogP contribution in [-0.4, -0.2) is 33.7 Å². The third-order valence-electron chi connectivity index (χ3n) is 2.73. The van der Waals surface area contributed by atoms with E-state index in [1.165, 1.54) is 5.56 Å². The van der Waals surface area contributed by atoms with Gasteiger partial charge in [0.05, 0.1) is 5.60 Å². The number of pyridine rings is 1. The number of nitrogens with zero attached hydrogens (tertiary/aromatic N) is 2. The molecule has 0 saturated carbocycles. The van der Waals surface area contributed by atoms with Gasteiger partial charge in [-0.3, -0.25) is 4.90 Å². The number of rotatable bonds is 2. The Kier molecular flexibility index (Phi) is 3.09. The number of halogens is 1. The van der Waals surface area contributed by atoms with Gasteiger partial charge in [-0.25, -0.2) is 4.98 Å². The molecule has 0 spiro atoms. The summed E-state index contributed by atoms with van der Waals surface area (Å²) in [6.07, 6.45) is 2.66. The molecule has 1 N–H and O–H groups in total. The molecule has 1 aliphatic rings. The fourth-order valence-electron chi connectivity index (χ4n) is 1.97. The van der Waals surface area contributed by atoms with E-state index in [2.05, 4.69) is 25.8 Å². The summed E-state index contributed by atoms with van der Waals surface area (Å²) in [7, 11) is 0. The zero-order chi connectivity index (χ0) is 10.9. The van der Waals surface area contributed by atoms with Gasteiger partial charge in [-0.05, 0) is 47.0 Å². The fourth-order valence-corrected chi connectivity index (χ4v) is 2.39. The average molecular weight is 271 g/mol. The van der Waals surface area contributed by atoms with Crippen LogP contribution in [0.15, 0.2) is 22.9 Å². The molecule has 1 aliphatic heterocycles. The summed E-state index contributed by atoms with van der Waals surface area (Å²) in [6, 6.07) is 4.03.